The van der Waals surface area contributed by atoms with Crippen LogP contribution in [-0.2, 0) is 22.4 Å². The minimum Gasteiger partial charge on any atom is -0.460 e. The molecule has 0 amide bonds. The van der Waals surface area contributed by atoms with Gasteiger partial charge in [0.15, 0.2) is 0 Å². The van der Waals surface area contributed by atoms with E-state index in [0.29, 0.717) is 17.1 Å². The molecule has 0 fully saturated rings. The van der Waals surface area contributed by atoms with E-state index in [1.54, 1.807) is 6.07 Å². The Hall–Kier alpha value is -1.94. The van der Waals surface area contributed by atoms with Crippen LogP contribution >= 0.6 is 11.6 Å². The van der Waals surface area contributed by atoms with Crippen molar-refractivity contribution >= 4 is 17.6 Å². The van der Waals surface area contributed by atoms with E-state index in [2.05, 4.69) is 10.2 Å². The molecule has 0 bridgehead atoms. The van der Waals surface area contributed by atoms with Crippen molar-refractivity contribution < 1.29 is 9.53 Å². The Kier molecular flexibility index (Phi) is 5.14. The van der Waals surface area contributed by atoms with E-state index in [1.165, 1.54) is 0 Å². The van der Waals surface area contributed by atoms with Crippen LogP contribution in [0.25, 0.3) is 0 Å². The summed E-state index contributed by atoms with van der Waals surface area (Å²) in [5, 5.41) is 8.94. The fourth-order valence-electron chi connectivity index (χ4n) is 1.96. The van der Waals surface area contributed by atoms with Crippen LogP contribution in [0.15, 0.2) is 36.4 Å². The third-order valence-electron chi connectivity index (χ3n) is 2.79. The number of esters is 1. The number of nitrogens with zero attached hydrogens (tertiary/aromatic N) is 2. The van der Waals surface area contributed by atoms with Gasteiger partial charge in [0.05, 0.1) is 17.8 Å². The van der Waals surface area contributed by atoms with Gasteiger partial charge in [0.2, 0.25) is 0 Å². The first-order chi connectivity index (χ1) is 10.3. The van der Waals surface area contributed by atoms with E-state index in [4.69, 9.17) is 16.3 Å². The lowest BCUT2D eigenvalue weighted by molar-refractivity contribution is -0.154. The molecular formula is C17H19ClN2O2. The van der Waals surface area contributed by atoms with Crippen molar-refractivity contribution in [2.75, 3.05) is 0 Å². The molecule has 1 aromatic heterocycles. The molecule has 0 radical (unpaired) electrons. The monoisotopic (exact) mass is 318 g/mol. The minimum absolute atomic E-state index is 0.127. The highest BCUT2D eigenvalue weighted by Crippen LogP contribution is 2.14. The van der Waals surface area contributed by atoms with Crippen molar-refractivity contribution in [1.82, 2.24) is 10.2 Å². The Bertz CT molecular complexity index is 648. The van der Waals surface area contributed by atoms with Crippen molar-refractivity contribution in [2.45, 2.75) is 39.2 Å². The van der Waals surface area contributed by atoms with Gasteiger partial charge in [-0.1, -0.05) is 23.7 Å². The summed E-state index contributed by atoms with van der Waals surface area (Å²) in [7, 11) is 0. The first-order valence-electron chi connectivity index (χ1n) is 7.09. The summed E-state index contributed by atoms with van der Waals surface area (Å²) < 4.78 is 5.26. The van der Waals surface area contributed by atoms with Crippen LogP contribution in [0.4, 0.5) is 0 Å². The molecule has 0 N–H and O–H groups in total. The number of ether oxygens (including phenoxy) is 1. The summed E-state index contributed by atoms with van der Waals surface area (Å²) in [6.07, 6.45) is 0.780. The average molecular weight is 319 g/mol. The predicted molar refractivity (Wildman–Crippen MR) is 85.8 cm³/mol. The first kappa shape index (κ1) is 16.4. The van der Waals surface area contributed by atoms with Crippen molar-refractivity contribution in [3.8, 4) is 0 Å². The van der Waals surface area contributed by atoms with Gasteiger partial charge in [0.1, 0.15) is 5.60 Å². The smallest absolute Gasteiger partial charge is 0.312 e. The van der Waals surface area contributed by atoms with Gasteiger partial charge >= 0.3 is 5.97 Å². The Morgan fingerprint density at radius 1 is 1.14 bits per heavy atom. The number of benzene rings is 1. The zero-order valence-corrected chi connectivity index (χ0v) is 13.7. The lowest BCUT2D eigenvalue weighted by Gasteiger charge is -2.19. The van der Waals surface area contributed by atoms with E-state index < -0.39 is 5.60 Å². The lowest BCUT2D eigenvalue weighted by atomic mass is 10.1. The zero-order chi connectivity index (χ0) is 16.2. The standard InChI is InChI=1S/C17H19ClN2O2/c1-17(2,3)22-16(21)11-15-8-7-14(19-20-15)10-12-5-4-6-13(18)9-12/h4-9H,10-11H2,1-3H3. The van der Waals surface area contributed by atoms with Gasteiger partial charge in [-0.05, 0) is 50.6 Å². The Balaban J connectivity index is 1.97. The van der Waals surface area contributed by atoms with Gasteiger partial charge in [-0.15, -0.1) is 0 Å². The number of hydrogen-bond donors (Lipinski definition) is 0. The summed E-state index contributed by atoms with van der Waals surface area (Å²) >= 11 is 5.96. The van der Waals surface area contributed by atoms with Crippen molar-refractivity contribution in [3.63, 3.8) is 0 Å². The van der Waals surface area contributed by atoms with E-state index in [-0.39, 0.29) is 12.4 Å². The predicted octanol–water partition coefficient (Wildman–Crippen LogP) is 3.61. The summed E-state index contributed by atoms with van der Waals surface area (Å²) in [5.41, 5.74) is 2.01. The average Bonchev–Trinajstić information content (AvgIpc) is 2.39. The Labute approximate surface area is 135 Å². The molecule has 0 unspecified atom stereocenters. The quantitative estimate of drug-likeness (QED) is 0.808. The largest absolute Gasteiger partial charge is 0.460 e. The van der Waals surface area contributed by atoms with Gasteiger partial charge in [0.25, 0.3) is 0 Å². The molecule has 1 aromatic carbocycles. The molecule has 1 heterocycles. The SMILES string of the molecule is CC(C)(C)OC(=O)Cc1ccc(Cc2cccc(Cl)c2)nn1. The lowest BCUT2D eigenvalue weighted by Crippen LogP contribution is -2.25. The molecule has 0 atom stereocenters. The van der Waals surface area contributed by atoms with Crippen LogP contribution in [0.3, 0.4) is 0 Å². The van der Waals surface area contributed by atoms with Gasteiger partial charge in [0, 0.05) is 11.4 Å². The third-order valence-corrected chi connectivity index (χ3v) is 3.03. The fraction of sp³-hybridized carbons (Fsp3) is 0.353. The van der Waals surface area contributed by atoms with Crippen molar-refractivity contribution in [3.05, 3.63) is 58.4 Å². The van der Waals surface area contributed by atoms with Crippen LogP contribution in [0, 0.1) is 0 Å². The van der Waals surface area contributed by atoms with E-state index in [9.17, 15) is 4.79 Å². The maximum absolute atomic E-state index is 11.7. The van der Waals surface area contributed by atoms with Gasteiger partial charge in [-0.25, -0.2) is 0 Å². The first-order valence-corrected chi connectivity index (χ1v) is 7.47. The number of carbonyl (C=O) groups is 1. The topological polar surface area (TPSA) is 52.1 Å². The Morgan fingerprint density at radius 3 is 2.41 bits per heavy atom. The van der Waals surface area contributed by atoms with Crippen LogP contribution in [0.5, 0.6) is 0 Å². The van der Waals surface area contributed by atoms with E-state index in [0.717, 1.165) is 11.3 Å². The zero-order valence-electron chi connectivity index (χ0n) is 13.0. The third kappa shape index (κ3) is 5.45. The summed E-state index contributed by atoms with van der Waals surface area (Å²) in [5.74, 6) is -0.301. The van der Waals surface area contributed by atoms with Gasteiger partial charge in [-0.3, -0.25) is 4.79 Å². The number of rotatable bonds is 4. The fourth-order valence-corrected chi connectivity index (χ4v) is 2.17. The molecule has 5 heteroatoms. The van der Waals surface area contributed by atoms with Crippen LogP contribution in [0.1, 0.15) is 37.7 Å². The summed E-state index contributed by atoms with van der Waals surface area (Å²) in [6, 6.07) is 11.3. The molecule has 0 saturated heterocycles. The maximum Gasteiger partial charge on any atom is 0.312 e. The normalized spacial score (nSPS) is 11.3. The van der Waals surface area contributed by atoms with Crippen molar-refractivity contribution in [2.24, 2.45) is 0 Å². The van der Waals surface area contributed by atoms with Crippen molar-refractivity contribution in [1.29, 1.82) is 0 Å². The molecule has 0 aliphatic heterocycles. The van der Waals surface area contributed by atoms with Gasteiger partial charge < -0.3 is 4.74 Å². The molecule has 22 heavy (non-hydrogen) atoms. The number of carbonyl (C=O) groups excluding carboxylic acids is 1. The minimum atomic E-state index is -0.489. The molecular weight excluding hydrogens is 300 g/mol. The number of hydrogen-bond acceptors (Lipinski definition) is 4. The molecule has 0 spiro atoms. The van der Waals surface area contributed by atoms with Crippen LogP contribution < -0.4 is 0 Å². The molecule has 0 aliphatic carbocycles. The molecule has 2 aromatic rings. The molecule has 0 saturated carbocycles. The second-order valence-electron chi connectivity index (χ2n) is 6.09. The highest BCUT2D eigenvalue weighted by atomic mass is 35.5. The highest BCUT2D eigenvalue weighted by Gasteiger charge is 2.17. The van der Waals surface area contributed by atoms with Gasteiger partial charge in [-0.2, -0.15) is 10.2 Å². The molecule has 4 nitrogen and oxygen atoms in total. The van der Waals surface area contributed by atoms with Crippen LogP contribution in [0.2, 0.25) is 5.02 Å². The molecule has 0 aliphatic rings. The van der Waals surface area contributed by atoms with Crippen LogP contribution in [-0.4, -0.2) is 21.8 Å². The number of halogens is 1. The Morgan fingerprint density at radius 2 is 1.82 bits per heavy atom. The summed E-state index contributed by atoms with van der Waals surface area (Å²) in [4.78, 5) is 11.7. The van der Waals surface area contributed by atoms with E-state index in [1.807, 2.05) is 51.1 Å². The van der Waals surface area contributed by atoms with E-state index >= 15 is 0 Å². The second kappa shape index (κ2) is 6.88. The maximum atomic E-state index is 11.7. The molecule has 2 rings (SSSR count). The second-order valence-corrected chi connectivity index (χ2v) is 6.52. The summed E-state index contributed by atoms with van der Waals surface area (Å²) in [6.45, 7) is 5.51. The molecule has 116 valence electrons. The number of aromatic nitrogens is 2. The highest BCUT2D eigenvalue weighted by molar-refractivity contribution is 6.30.